The lowest BCUT2D eigenvalue weighted by molar-refractivity contribution is -0.114. The van der Waals surface area contributed by atoms with Crippen molar-refractivity contribution in [1.82, 2.24) is 0 Å². The highest BCUT2D eigenvalue weighted by Crippen LogP contribution is 2.27. The van der Waals surface area contributed by atoms with Crippen molar-refractivity contribution in [2.45, 2.75) is 123 Å². The Balaban J connectivity index is 0. The van der Waals surface area contributed by atoms with E-state index in [1.165, 1.54) is 38.3 Å². The van der Waals surface area contributed by atoms with Crippen LogP contribution >= 0.6 is 23.2 Å². The Morgan fingerprint density at radius 1 is 0.529 bits per heavy atom. The number of halogens is 2. The van der Waals surface area contributed by atoms with Crippen LogP contribution in [0.25, 0.3) is 0 Å². The fraction of sp³-hybridized carbons (Fsp3) is 0.477. The van der Waals surface area contributed by atoms with E-state index in [0.717, 1.165) is 5.56 Å². The number of hydrogen-bond donors (Lipinski definition) is 0. The highest BCUT2D eigenvalue weighted by molar-refractivity contribution is 6.50. The summed E-state index contributed by atoms with van der Waals surface area (Å²) in [5.74, 6) is -0.788. The van der Waals surface area contributed by atoms with E-state index >= 15 is 0 Å². The Morgan fingerprint density at radius 3 is 1.18 bits per heavy atom. The fourth-order valence-corrected chi connectivity index (χ4v) is 3.13. The molecule has 5 nitrogen and oxygen atoms in total. The highest BCUT2D eigenvalue weighted by Gasteiger charge is 2.28. The van der Waals surface area contributed by atoms with Crippen molar-refractivity contribution in [2.75, 3.05) is 0 Å². The van der Waals surface area contributed by atoms with Crippen LogP contribution < -0.4 is 0 Å². The minimum Gasteiger partial charge on any atom is -0.295 e. The van der Waals surface area contributed by atoms with Crippen molar-refractivity contribution in [1.29, 1.82) is 0 Å². The third-order valence-electron chi connectivity index (χ3n) is 7.95. The molecule has 282 valence electrons. The minimum atomic E-state index is -0.293. The molecule has 2 aliphatic carbocycles. The maximum Gasteiger partial charge on any atom is 0.205 e. The summed E-state index contributed by atoms with van der Waals surface area (Å²) >= 11 is 11.2. The number of allylic oxidation sites excluding steroid dienone is 6. The van der Waals surface area contributed by atoms with E-state index in [1.807, 2.05) is 30.3 Å². The van der Waals surface area contributed by atoms with Gasteiger partial charge in [-0.25, -0.2) is 0 Å². The number of benzene rings is 2. The van der Waals surface area contributed by atoms with Crippen LogP contribution in [-0.2, 0) is 9.59 Å². The predicted octanol–water partition coefficient (Wildman–Crippen LogP) is 13.0. The summed E-state index contributed by atoms with van der Waals surface area (Å²) in [5.41, 5.74) is 3.90. The van der Waals surface area contributed by atoms with Crippen molar-refractivity contribution in [2.24, 2.45) is 16.2 Å². The summed E-state index contributed by atoms with van der Waals surface area (Å²) in [4.78, 5) is 55.4. The molecule has 0 radical (unpaired) electrons. The average molecular weight is 742 g/mol. The number of carbonyl (C=O) groups excluding carboxylic acids is 5. The van der Waals surface area contributed by atoms with E-state index in [-0.39, 0.29) is 39.0 Å². The van der Waals surface area contributed by atoms with Gasteiger partial charge in [-0.15, -0.1) is 0 Å². The Morgan fingerprint density at radius 2 is 0.863 bits per heavy atom. The topological polar surface area (TPSA) is 85.3 Å². The van der Waals surface area contributed by atoms with E-state index in [2.05, 4.69) is 83.1 Å². The molecule has 7 heteroatoms. The van der Waals surface area contributed by atoms with E-state index in [0.29, 0.717) is 38.5 Å². The van der Waals surface area contributed by atoms with Crippen LogP contribution in [0.3, 0.4) is 0 Å². The van der Waals surface area contributed by atoms with Crippen LogP contribution in [0.15, 0.2) is 88.0 Å². The van der Waals surface area contributed by atoms with Crippen LogP contribution in [0.1, 0.15) is 154 Å². The van der Waals surface area contributed by atoms with Gasteiger partial charge in [0.05, 0.1) is 10.1 Å². The molecule has 0 saturated carbocycles. The molecule has 0 unspecified atom stereocenters. The molecule has 0 aromatic heterocycles. The van der Waals surface area contributed by atoms with Crippen molar-refractivity contribution < 1.29 is 24.0 Å². The smallest absolute Gasteiger partial charge is 0.205 e. The summed E-state index contributed by atoms with van der Waals surface area (Å²) in [6.07, 6.45) is 6.22. The second kappa shape index (κ2) is 23.2. The van der Waals surface area contributed by atoms with Crippen molar-refractivity contribution >= 4 is 52.1 Å². The molecule has 2 aromatic carbocycles. The molecule has 0 saturated heterocycles. The first kappa shape index (κ1) is 49.7. The highest BCUT2D eigenvalue weighted by atomic mass is 35.5. The van der Waals surface area contributed by atoms with Gasteiger partial charge >= 0.3 is 0 Å². The zero-order valence-electron chi connectivity index (χ0n) is 33.8. The summed E-state index contributed by atoms with van der Waals surface area (Å²) in [6, 6.07) is 15.9. The molecule has 0 aliphatic heterocycles. The van der Waals surface area contributed by atoms with Gasteiger partial charge in [0, 0.05) is 27.8 Å². The van der Waals surface area contributed by atoms with Crippen LogP contribution in [0.5, 0.6) is 0 Å². The van der Waals surface area contributed by atoms with Crippen LogP contribution in [0, 0.1) is 16.2 Å². The van der Waals surface area contributed by atoms with Crippen LogP contribution in [0.4, 0.5) is 0 Å². The van der Waals surface area contributed by atoms with E-state index < -0.39 is 0 Å². The fourth-order valence-electron chi connectivity index (χ4n) is 2.78. The first-order chi connectivity index (χ1) is 23.2. The Labute approximate surface area is 319 Å². The summed E-state index contributed by atoms with van der Waals surface area (Å²) in [5, 5.41) is 0.0706. The monoisotopic (exact) mass is 740 g/mol. The van der Waals surface area contributed by atoms with E-state index in [4.69, 9.17) is 23.2 Å². The van der Waals surface area contributed by atoms with Crippen molar-refractivity contribution in [3.63, 3.8) is 0 Å². The lowest BCUT2D eigenvalue weighted by Crippen LogP contribution is -2.18. The molecule has 0 atom stereocenters. The molecular weight excluding hydrogens is 679 g/mol. The zero-order chi connectivity index (χ0) is 40.3. The van der Waals surface area contributed by atoms with Gasteiger partial charge < -0.3 is 0 Å². The second-order valence-electron chi connectivity index (χ2n) is 15.8. The van der Waals surface area contributed by atoms with E-state index in [1.54, 1.807) is 38.1 Å². The molecular formula is C44H62Cl2O5. The summed E-state index contributed by atoms with van der Waals surface area (Å²) in [7, 11) is 0. The Hall–Kier alpha value is -3.41. The molecule has 0 amide bonds. The number of fused-ring (bicyclic) bond motifs is 1. The first-order valence-corrected chi connectivity index (χ1v) is 18.2. The van der Waals surface area contributed by atoms with Gasteiger partial charge in [-0.1, -0.05) is 180 Å². The summed E-state index contributed by atoms with van der Waals surface area (Å²) in [6.45, 7) is 31.5. The molecule has 2 aromatic rings. The van der Waals surface area contributed by atoms with Gasteiger partial charge in [-0.05, 0) is 49.2 Å². The largest absolute Gasteiger partial charge is 0.295 e. The predicted molar refractivity (Wildman–Crippen MR) is 217 cm³/mol. The number of ketones is 5. The zero-order valence-corrected chi connectivity index (χ0v) is 35.3. The van der Waals surface area contributed by atoms with Gasteiger partial charge in [0.1, 0.15) is 0 Å². The van der Waals surface area contributed by atoms with Crippen LogP contribution in [-0.4, -0.2) is 28.9 Å². The molecule has 2 aliphatic rings. The SMILES string of the molecule is CC(=O)c1ccccc1.CC1=C(Cl)C(=O)C=CC1=O.CC1=C(Cl)C(=O)c2ccccc2C1=O.CCC(C)(C)C.CCC(C)(C)C.CCC(C)(C)C. The second-order valence-corrected chi connectivity index (χ2v) is 16.6. The normalized spacial score (nSPS) is 13.8. The van der Waals surface area contributed by atoms with Crippen molar-refractivity contribution in [3.8, 4) is 0 Å². The van der Waals surface area contributed by atoms with E-state index in [9.17, 15) is 24.0 Å². The standard InChI is InChI=1S/C11H7ClO2.C8H8O.C7H5ClO2.3C6H14/c1-6-9(12)11(14)8-5-3-2-4-7(8)10(6)13;1-7(9)8-5-3-2-4-6-8;1-4-5(9)2-3-6(10)7(4)8;3*1-5-6(2,3)4/h2-5H,1H3;2-6H,1H3;2-3H,1H3;3*5H2,1-4H3. The molecule has 0 fully saturated rings. The van der Waals surface area contributed by atoms with Gasteiger partial charge in [0.2, 0.25) is 5.78 Å². The number of hydrogen-bond acceptors (Lipinski definition) is 5. The third-order valence-corrected chi connectivity index (χ3v) is 8.87. The van der Waals surface area contributed by atoms with Gasteiger partial charge in [-0.2, -0.15) is 0 Å². The number of rotatable bonds is 1. The molecule has 0 heterocycles. The minimum absolute atomic E-state index is 0.0347. The first-order valence-electron chi connectivity index (χ1n) is 17.5. The quantitative estimate of drug-likeness (QED) is 0.215. The van der Waals surface area contributed by atoms with Gasteiger partial charge in [0.15, 0.2) is 23.1 Å². The number of carbonyl (C=O) groups is 5. The Bertz CT molecular complexity index is 1450. The number of Topliss-reactive ketones (excluding diaryl/α,β-unsaturated/α-hetero) is 3. The Kier molecular flexibility index (Phi) is 22.6. The average Bonchev–Trinajstić information content (AvgIpc) is 3.08. The third kappa shape index (κ3) is 21.5. The van der Waals surface area contributed by atoms with Gasteiger partial charge in [0.25, 0.3) is 0 Å². The van der Waals surface area contributed by atoms with Gasteiger partial charge in [-0.3, -0.25) is 24.0 Å². The summed E-state index contributed by atoms with van der Waals surface area (Å²) < 4.78 is 0. The maximum absolute atomic E-state index is 11.7. The maximum atomic E-state index is 11.7. The lowest BCUT2D eigenvalue weighted by atomic mass is 9.90. The molecule has 0 spiro atoms. The molecule has 4 rings (SSSR count). The molecule has 0 bridgehead atoms. The van der Waals surface area contributed by atoms with Crippen LogP contribution in [0.2, 0.25) is 0 Å². The lowest BCUT2D eigenvalue weighted by Gasteiger charge is -2.14. The molecule has 0 N–H and O–H groups in total. The molecule has 51 heavy (non-hydrogen) atoms. The van der Waals surface area contributed by atoms with Crippen molar-refractivity contribution in [3.05, 3.63) is 105 Å².